The molecule has 1 unspecified atom stereocenters. The summed E-state index contributed by atoms with van der Waals surface area (Å²) in [5.74, 6) is -3.97. The van der Waals surface area contributed by atoms with Crippen LogP contribution in [0.5, 0.6) is 0 Å². The zero-order valence-electron chi connectivity index (χ0n) is 8.33. The van der Waals surface area contributed by atoms with Crippen molar-refractivity contribution in [2.45, 2.75) is 13.0 Å². The van der Waals surface area contributed by atoms with Gasteiger partial charge >= 0.3 is 5.97 Å². The fourth-order valence-corrected chi connectivity index (χ4v) is 1.01. The highest BCUT2D eigenvalue weighted by molar-refractivity contribution is 5.96. The molecule has 1 aromatic carbocycles. The maximum Gasteiger partial charge on any atom is 0.325 e. The van der Waals surface area contributed by atoms with E-state index in [2.05, 4.69) is 5.32 Å². The van der Waals surface area contributed by atoms with Crippen LogP contribution >= 0.6 is 0 Å². The van der Waals surface area contributed by atoms with Gasteiger partial charge in [0.2, 0.25) is 0 Å². The number of rotatable bonds is 3. The van der Waals surface area contributed by atoms with Gasteiger partial charge in [0.15, 0.2) is 0 Å². The molecule has 0 heterocycles. The summed E-state index contributed by atoms with van der Waals surface area (Å²) in [6, 6.07) is 1.29. The lowest BCUT2D eigenvalue weighted by atomic mass is 10.2. The molecule has 0 bridgehead atoms. The summed E-state index contributed by atoms with van der Waals surface area (Å²) >= 11 is 0. The largest absolute Gasteiger partial charge is 0.480 e. The molecule has 0 saturated heterocycles. The maximum atomic E-state index is 13.1. The first-order valence-electron chi connectivity index (χ1n) is 4.40. The summed E-state index contributed by atoms with van der Waals surface area (Å²) in [7, 11) is 0. The molecule has 2 N–H and O–H groups in total. The van der Waals surface area contributed by atoms with Crippen LogP contribution in [0.4, 0.5) is 8.78 Å². The number of benzene rings is 1. The van der Waals surface area contributed by atoms with Crippen LogP contribution in [0.1, 0.15) is 17.3 Å². The van der Waals surface area contributed by atoms with Crippen molar-refractivity contribution in [2.24, 2.45) is 0 Å². The number of carbonyl (C=O) groups is 2. The molecule has 86 valence electrons. The van der Waals surface area contributed by atoms with Gasteiger partial charge in [-0.1, -0.05) is 0 Å². The zero-order valence-corrected chi connectivity index (χ0v) is 8.33. The molecule has 16 heavy (non-hydrogen) atoms. The second-order valence-electron chi connectivity index (χ2n) is 3.16. The summed E-state index contributed by atoms with van der Waals surface area (Å²) < 4.78 is 25.6. The molecular weight excluding hydrogens is 220 g/mol. The lowest BCUT2D eigenvalue weighted by Gasteiger charge is -2.09. The number of hydrogen-bond acceptors (Lipinski definition) is 2. The number of halogens is 2. The van der Waals surface area contributed by atoms with Crippen molar-refractivity contribution in [1.29, 1.82) is 0 Å². The van der Waals surface area contributed by atoms with E-state index in [-0.39, 0.29) is 0 Å². The van der Waals surface area contributed by atoms with Gasteiger partial charge in [0, 0.05) is 6.07 Å². The van der Waals surface area contributed by atoms with Gasteiger partial charge in [-0.05, 0) is 19.1 Å². The molecule has 4 nitrogen and oxygen atoms in total. The molecule has 1 amide bonds. The number of carboxylic acid groups (broad SMARTS) is 1. The topological polar surface area (TPSA) is 66.4 Å². The van der Waals surface area contributed by atoms with Crippen molar-refractivity contribution in [3.8, 4) is 0 Å². The van der Waals surface area contributed by atoms with Gasteiger partial charge in [-0.3, -0.25) is 9.59 Å². The van der Waals surface area contributed by atoms with E-state index in [0.29, 0.717) is 6.07 Å². The van der Waals surface area contributed by atoms with Crippen LogP contribution in [0.2, 0.25) is 0 Å². The molecule has 0 fully saturated rings. The molecular formula is C10H9F2NO3. The predicted octanol–water partition coefficient (Wildman–Crippen LogP) is 1.17. The Kier molecular flexibility index (Phi) is 3.55. The van der Waals surface area contributed by atoms with Crippen LogP contribution in [0.15, 0.2) is 18.2 Å². The van der Waals surface area contributed by atoms with Gasteiger partial charge in [-0.15, -0.1) is 0 Å². The van der Waals surface area contributed by atoms with Crippen molar-refractivity contribution < 1.29 is 23.5 Å². The third kappa shape index (κ3) is 2.75. The van der Waals surface area contributed by atoms with Crippen LogP contribution in [0, 0.1) is 11.6 Å². The Labute approximate surface area is 89.9 Å². The summed E-state index contributed by atoms with van der Waals surface area (Å²) in [4.78, 5) is 21.8. The maximum absolute atomic E-state index is 13.1. The molecule has 0 aromatic heterocycles. The summed E-state index contributed by atoms with van der Waals surface area (Å²) in [6.45, 7) is 1.24. The van der Waals surface area contributed by atoms with E-state index in [0.717, 1.165) is 12.1 Å². The van der Waals surface area contributed by atoms with Crippen LogP contribution in [-0.2, 0) is 4.79 Å². The lowest BCUT2D eigenvalue weighted by molar-refractivity contribution is -0.138. The van der Waals surface area contributed by atoms with E-state index in [1.807, 2.05) is 0 Å². The standard InChI is InChI=1S/C10H9F2NO3/c1-5(10(15)16)13-9(14)7-3-2-6(11)4-8(7)12/h2-5H,1H3,(H,13,14)(H,15,16). The molecule has 0 radical (unpaired) electrons. The van der Waals surface area contributed by atoms with Gasteiger partial charge in [0.05, 0.1) is 5.56 Å². The van der Waals surface area contributed by atoms with Crippen LogP contribution in [0.25, 0.3) is 0 Å². The highest BCUT2D eigenvalue weighted by Crippen LogP contribution is 2.09. The van der Waals surface area contributed by atoms with E-state index in [1.54, 1.807) is 0 Å². The van der Waals surface area contributed by atoms with Crippen molar-refractivity contribution in [3.05, 3.63) is 35.4 Å². The Bertz CT molecular complexity index is 434. The molecule has 0 aliphatic heterocycles. The first-order chi connectivity index (χ1) is 7.41. The number of carboxylic acids is 1. The Morgan fingerprint density at radius 1 is 1.38 bits per heavy atom. The van der Waals surface area contributed by atoms with Gasteiger partial charge in [0.25, 0.3) is 5.91 Å². The van der Waals surface area contributed by atoms with Gasteiger partial charge < -0.3 is 10.4 Å². The van der Waals surface area contributed by atoms with E-state index in [9.17, 15) is 18.4 Å². The number of amides is 1. The van der Waals surface area contributed by atoms with Crippen LogP contribution in [-0.4, -0.2) is 23.0 Å². The van der Waals surface area contributed by atoms with Crippen molar-refractivity contribution in [1.82, 2.24) is 5.32 Å². The highest BCUT2D eigenvalue weighted by atomic mass is 19.1. The smallest absolute Gasteiger partial charge is 0.325 e. The van der Waals surface area contributed by atoms with Gasteiger partial charge in [0.1, 0.15) is 17.7 Å². The third-order valence-corrected chi connectivity index (χ3v) is 1.89. The fraction of sp³-hybridized carbons (Fsp3) is 0.200. The fourth-order valence-electron chi connectivity index (χ4n) is 1.01. The number of hydrogen-bond donors (Lipinski definition) is 2. The van der Waals surface area contributed by atoms with E-state index in [4.69, 9.17) is 5.11 Å². The summed E-state index contributed by atoms with van der Waals surface area (Å²) in [6.07, 6.45) is 0. The average molecular weight is 229 g/mol. The Morgan fingerprint density at radius 3 is 2.50 bits per heavy atom. The summed E-state index contributed by atoms with van der Waals surface area (Å²) in [5.41, 5.74) is -0.394. The predicted molar refractivity (Wildman–Crippen MR) is 50.9 cm³/mol. The van der Waals surface area contributed by atoms with Gasteiger partial charge in [-0.2, -0.15) is 0 Å². The number of aliphatic carboxylic acids is 1. The monoisotopic (exact) mass is 229 g/mol. The molecule has 0 saturated carbocycles. The van der Waals surface area contributed by atoms with Gasteiger partial charge in [-0.25, -0.2) is 8.78 Å². The lowest BCUT2D eigenvalue weighted by Crippen LogP contribution is -2.38. The van der Waals surface area contributed by atoms with Crippen molar-refractivity contribution in [2.75, 3.05) is 0 Å². The van der Waals surface area contributed by atoms with Crippen LogP contribution < -0.4 is 5.32 Å². The third-order valence-electron chi connectivity index (χ3n) is 1.89. The number of nitrogens with one attached hydrogen (secondary N) is 1. The van der Waals surface area contributed by atoms with E-state index < -0.39 is 35.1 Å². The molecule has 6 heteroatoms. The normalized spacial score (nSPS) is 11.9. The first kappa shape index (κ1) is 12.1. The van der Waals surface area contributed by atoms with E-state index in [1.165, 1.54) is 6.92 Å². The highest BCUT2D eigenvalue weighted by Gasteiger charge is 2.18. The molecule has 0 aliphatic carbocycles. The Hall–Kier alpha value is -1.98. The Morgan fingerprint density at radius 2 is 2.00 bits per heavy atom. The molecule has 1 atom stereocenters. The second-order valence-corrected chi connectivity index (χ2v) is 3.16. The molecule has 0 spiro atoms. The first-order valence-corrected chi connectivity index (χ1v) is 4.40. The second kappa shape index (κ2) is 4.69. The van der Waals surface area contributed by atoms with E-state index >= 15 is 0 Å². The molecule has 1 rings (SSSR count). The minimum Gasteiger partial charge on any atom is -0.480 e. The van der Waals surface area contributed by atoms with Crippen molar-refractivity contribution in [3.63, 3.8) is 0 Å². The van der Waals surface area contributed by atoms with Crippen LogP contribution in [0.3, 0.4) is 0 Å². The zero-order chi connectivity index (χ0) is 12.3. The average Bonchev–Trinajstić information content (AvgIpc) is 2.16. The molecule has 0 aliphatic rings. The summed E-state index contributed by atoms with van der Waals surface area (Å²) in [5, 5.41) is 10.6. The van der Waals surface area contributed by atoms with Crippen molar-refractivity contribution >= 4 is 11.9 Å². The minimum atomic E-state index is -1.24. The Balaban J connectivity index is 2.85. The number of carbonyl (C=O) groups excluding carboxylic acids is 1. The minimum absolute atomic E-state index is 0.394. The molecule has 1 aromatic rings. The SMILES string of the molecule is CC(NC(=O)c1ccc(F)cc1F)C(=O)O. The quantitative estimate of drug-likeness (QED) is 0.817.